The average Bonchev–Trinajstić information content (AvgIpc) is 2.83. The molecule has 2 aromatic heterocycles. The Balaban J connectivity index is 1.85. The van der Waals surface area contributed by atoms with Gasteiger partial charge in [-0.1, -0.05) is 53.0 Å². The standard InChI is InChI=1S/C17H14Cl2N6S/c1-8-2-4-9(5-3-8)10-6-11(13-14(18)25-17(19)26-13)24-16-12(23-10)15(20)21-7-22-16/h2-5,7,11H,6H2,1H3,(H3,20,21,22,24). The summed E-state index contributed by atoms with van der Waals surface area (Å²) in [6, 6.07) is 8.00. The van der Waals surface area contributed by atoms with E-state index >= 15 is 0 Å². The fraction of sp³-hybridized carbons (Fsp3) is 0.176. The third kappa shape index (κ3) is 3.25. The molecular formula is C17H14Cl2N6S. The molecule has 3 aromatic rings. The van der Waals surface area contributed by atoms with Crippen molar-refractivity contribution in [1.29, 1.82) is 0 Å². The quantitative estimate of drug-likeness (QED) is 0.639. The topological polar surface area (TPSA) is 89.1 Å². The molecule has 1 aliphatic heterocycles. The van der Waals surface area contributed by atoms with Crippen LogP contribution in [0.4, 0.5) is 17.3 Å². The van der Waals surface area contributed by atoms with Gasteiger partial charge in [0.05, 0.1) is 16.6 Å². The van der Waals surface area contributed by atoms with Gasteiger partial charge in [-0.25, -0.2) is 19.9 Å². The van der Waals surface area contributed by atoms with Crippen LogP contribution in [0.2, 0.25) is 9.62 Å². The van der Waals surface area contributed by atoms with Crippen molar-refractivity contribution >= 4 is 57.6 Å². The highest BCUT2D eigenvalue weighted by atomic mass is 35.5. The first-order valence-corrected chi connectivity index (χ1v) is 9.42. The molecule has 1 aliphatic rings. The molecule has 0 aliphatic carbocycles. The van der Waals surface area contributed by atoms with Crippen molar-refractivity contribution in [3.05, 3.63) is 56.2 Å². The van der Waals surface area contributed by atoms with Crippen molar-refractivity contribution < 1.29 is 0 Å². The second-order valence-electron chi connectivity index (χ2n) is 5.90. The van der Waals surface area contributed by atoms with E-state index in [1.807, 2.05) is 31.2 Å². The first-order valence-electron chi connectivity index (χ1n) is 7.84. The van der Waals surface area contributed by atoms with Crippen molar-refractivity contribution in [2.75, 3.05) is 11.1 Å². The van der Waals surface area contributed by atoms with Crippen LogP contribution in [0.1, 0.15) is 28.5 Å². The molecule has 1 atom stereocenters. The molecule has 0 saturated heterocycles. The summed E-state index contributed by atoms with van der Waals surface area (Å²) >= 11 is 13.7. The van der Waals surface area contributed by atoms with Crippen LogP contribution in [-0.4, -0.2) is 20.7 Å². The molecule has 3 N–H and O–H groups in total. The van der Waals surface area contributed by atoms with E-state index in [-0.39, 0.29) is 6.04 Å². The molecule has 26 heavy (non-hydrogen) atoms. The zero-order chi connectivity index (χ0) is 18.3. The lowest BCUT2D eigenvalue weighted by molar-refractivity contribution is 0.837. The first kappa shape index (κ1) is 17.2. The molecule has 132 valence electrons. The molecule has 4 rings (SSSR count). The van der Waals surface area contributed by atoms with E-state index < -0.39 is 0 Å². The summed E-state index contributed by atoms with van der Waals surface area (Å²) in [7, 11) is 0. The molecule has 6 nitrogen and oxygen atoms in total. The lowest BCUT2D eigenvalue weighted by Crippen LogP contribution is -2.14. The lowest BCUT2D eigenvalue weighted by atomic mass is 10.0. The number of nitrogens with two attached hydrogens (primary N) is 1. The normalized spacial score (nSPS) is 16.4. The number of nitrogens with zero attached hydrogens (tertiary/aromatic N) is 4. The number of fused-ring (bicyclic) bond motifs is 1. The lowest BCUT2D eigenvalue weighted by Gasteiger charge is -2.17. The van der Waals surface area contributed by atoms with Gasteiger partial charge in [0, 0.05) is 6.42 Å². The van der Waals surface area contributed by atoms with Gasteiger partial charge in [-0.2, -0.15) is 0 Å². The predicted octanol–water partition coefficient (Wildman–Crippen LogP) is 4.81. The van der Waals surface area contributed by atoms with E-state index in [1.165, 1.54) is 23.2 Å². The van der Waals surface area contributed by atoms with Crippen LogP contribution in [0.3, 0.4) is 0 Å². The summed E-state index contributed by atoms with van der Waals surface area (Å²) in [5.41, 5.74) is 9.61. The molecule has 1 aromatic carbocycles. The maximum atomic E-state index is 6.28. The number of anilines is 2. The second kappa shape index (κ2) is 6.83. The second-order valence-corrected chi connectivity index (χ2v) is 7.87. The highest BCUT2D eigenvalue weighted by Crippen LogP contribution is 2.41. The van der Waals surface area contributed by atoms with Crippen LogP contribution in [0.15, 0.2) is 35.6 Å². The minimum Gasteiger partial charge on any atom is -0.382 e. The number of aryl methyl sites for hydroxylation is 1. The third-order valence-corrected chi connectivity index (χ3v) is 5.76. The Kier molecular flexibility index (Phi) is 4.52. The van der Waals surface area contributed by atoms with Crippen molar-refractivity contribution in [1.82, 2.24) is 15.0 Å². The monoisotopic (exact) mass is 404 g/mol. The van der Waals surface area contributed by atoms with E-state index in [9.17, 15) is 0 Å². The van der Waals surface area contributed by atoms with Crippen LogP contribution in [0.5, 0.6) is 0 Å². The van der Waals surface area contributed by atoms with Gasteiger partial charge in [0.25, 0.3) is 0 Å². The smallest absolute Gasteiger partial charge is 0.185 e. The summed E-state index contributed by atoms with van der Waals surface area (Å²) < 4.78 is 0.396. The van der Waals surface area contributed by atoms with E-state index in [1.54, 1.807) is 0 Å². The number of nitrogens with one attached hydrogen (secondary N) is 1. The Bertz CT molecular complexity index is 999. The largest absolute Gasteiger partial charge is 0.382 e. The number of halogens is 2. The van der Waals surface area contributed by atoms with E-state index in [0.29, 0.717) is 33.4 Å². The summed E-state index contributed by atoms with van der Waals surface area (Å²) in [5.74, 6) is 0.881. The molecule has 3 heterocycles. The predicted molar refractivity (Wildman–Crippen MR) is 107 cm³/mol. The molecule has 0 spiro atoms. The number of aromatic nitrogens is 3. The zero-order valence-electron chi connectivity index (χ0n) is 13.7. The number of nitrogen functional groups attached to an aromatic ring is 1. The van der Waals surface area contributed by atoms with Crippen molar-refractivity contribution in [2.45, 2.75) is 19.4 Å². The van der Waals surface area contributed by atoms with Gasteiger partial charge in [-0.3, -0.25) is 0 Å². The summed E-state index contributed by atoms with van der Waals surface area (Å²) in [5, 5.41) is 3.74. The Labute approximate surface area is 164 Å². The van der Waals surface area contributed by atoms with Crippen molar-refractivity contribution in [3.8, 4) is 0 Å². The average molecular weight is 405 g/mol. The Hall–Kier alpha value is -2.22. The molecule has 0 bridgehead atoms. The number of benzene rings is 1. The maximum absolute atomic E-state index is 6.28. The Morgan fingerprint density at radius 2 is 1.96 bits per heavy atom. The number of aliphatic imine (C=N–C) groups is 1. The highest BCUT2D eigenvalue weighted by Gasteiger charge is 2.27. The number of rotatable bonds is 2. The fourth-order valence-corrected chi connectivity index (χ4v) is 4.28. The molecule has 0 saturated carbocycles. The van der Waals surface area contributed by atoms with E-state index in [2.05, 4.69) is 20.3 Å². The summed E-state index contributed by atoms with van der Waals surface area (Å²) in [4.78, 5) is 18.1. The maximum Gasteiger partial charge on any atom is 0.185 e. The first-order chi connectivity index (χ1) is 12.5. The van der Waals surface area contributed by atoms with Crippen LogP contribution in [-0.2, 0) is 0 Å². The van der Waals surface area contributed by atoms with Gasteiger partial charge < -0.3 is 11.1 Å². The third-order valence-electron chi connectivity index (χ3n) is 4.09. The molecular weight excluding hydrogens is 391 g/mol. The minimum atomic E-state index is -0.178. The van der Waals surface area contributed by atoms with Crippen LogP contribution < -0.4 is 11.1 Å². The van der Waals surface area contributed by atoms with Crippen LogP contribution in [0.25, 0.3) is 0 Å². The van der Waals surface area contributed by atoms with Crippen molar-refractivity contribution in [3.63, 3.8) is 0 Å². The molecule has 1 unspecified atom stereocenters. The van der Waals surface area contributed by atoms with Crippen molar-refractivity contribution in [2.24, 2.45) is 4.99 Å². The minimum absolute atomic E-state index is 0.178. The Morgan fingerprint density at radius 3 is 2.65 bits per heavy atom. The highest BCUT2D eigenvalue weighted by molar-refractivity contribution is 7.16. The Morgan fingerprint density at radius 1 is 1.19 bits per heavy atom. The van der Waals surface area contributed by atoms with E-state index in [4.69, 9.17) is 33.9 Å². The summed E-state index contributed by atoms with van der Waals surface area (Å²) in [6.07, 6.45) is 1.99. The number of thiazole rings is 1. The SMILES string of the molecule is Cc1ccc(C2=Nc3c(N)ncnc3NC(c3sc(Cl)nc3Cl)C2)cc1. The van der Waals surface area contributed by atoms with E-state index in [0.717, 1.165) is 16.2 Å². The zero-order valence-corrected chi connectivity index (χ0v) is 16.0. The summed E-state index contributed by atoms with van der Waals surface area (Å²) in [6.45, 7) is 2.04. The fourth-order valence-electron chi connectivity index (χ4n) is 2.79. The molecule has 0 radical (unpaired) electrons. The molecule has 0 fully saturated rings. The number of hydrogen-bond acceptors (Lipinski definition) is 7. The number of hydrogen-bond donors (Lipinski definition) is 2. The van der Waals surface area contributed by atoms with Crippen LogP contribution in [0, 0.1) is 6.92 Å². The van der Waals surface area contributed by atoms with Gasteiger partial charge in [-0.05, 0) is 12.5 Å². The molecule has 0 amide bonds. The molecule has 9 heteroatoms. The van der Waals surface area contributed by atoms with Gasteiger partial charge in [0.15, 0.2) is 16.1 Å². The van der Waals surface area contributed by atoms with Gasteiger partial charge in [0.1, 0.15) is 17.2 Å². The van der Waals surface area contributed by atoms with Gasteiger partial charge >= 0.3 is 0 Å². The van der Waals surface area contributed by atoms with Gasteiger partial charge in [0.2, 0.25) is 0 Å². The van der Waals surface area contributed by atoms with Gasteiger partial charge in [-0.15, -0.1) is 11.3 Å². The van der Waals surface area contributed by atoms with Crippen LogP contribution >= 0.6 is 34.5 Å².